The molecule has 0 aromatic rings. The first-order valence-electron chi connectivity index (χ1n) is 6.26. The van der Waals surface area contributed by atoms with Gasteiger partial charge in [0, 0.05) is 0 Å². The van der Waals surface area contributed by atoms with Crippen molar-refractivity contribution in [3.8, 4) is 0 Å². The molecule has 3 nitrogen and oxygen atoms in total. The summed E-state index contributed by atoms with van der Waals surface area (Å²) in [5.74, 6) is -0.983. The fourth-order valence-electron chi connectivity index (χ4n) is 2.39. The van der Waals surface area contributed by atoms with E-state index in [1.807, 2.05) is 47.6 Å². The molecule has 0 fully saturated rings. The Morgan fingerprint density at radius 1 is 1.21 bits per heavy atom. The van der Waals surface area contributed by atoms with Crippen LogP contribution in [0.1, 0.15) is 41.5 Å². The maximum atomic E-state index is 11.6. The Morgan fingerprint density at radius 3 is 1.95 bits per heavy atom. The van der Waals surface area contributed by atoms with Crippen LogP contribution in [0.3, 0.4) is 0 Å². The predicted molar refractivity (Wildman–Crippen MR) is 82.1 cm³/mol. The molecule has 2 N–H and O–H groups in total. The Morgan fingerprint density at radius 2 is 1.68 bits per heavy atom. The van der Waals surface area contributed by atoms with Gasteiger partial charge in [0.25, 0.3) is 0 Å². The lowest BCUT2D eigenvalue weighted by atomic mass is 9.60. The molecule has 2 atom stereocenters. The molecule has 19 heavy (non-hydrogen) atoms. The van der Waals surface area contributed by atoms with Crippen LogP contribution in [0.4, 0.5) is 0 Å². The molecule has 0 radical (unpaired) electrons. The molecule has 4 heteroatoms. The van der Waals surface area contributed by atoms with Crippen LogP contribution < -0.4 is 0 Å². The minimum Gasteiger partial charge on any atom is -0.480 e. The number of aliphatic carboxylic acids is 1. The number of carboxylic acid groups (broad SMARTS) is 1. The average molecular weight is 282 g/mol. The van der Waals surface area contributed by atoms with E-state index in [1.54, 1.807) is 12.2 Å². The summed E-state index contributed by atoms with van der Waals surface area (Å²) in [5, 5.41) is 19.9. The average Bonchev–Trinajstić information content (AvgIpc) is 2.13. The molecule has 0 spiro atoms. The minimum absolute atomic E-state index is 0. The molecule has 0 aliphatic heterocycles. The first-order valence-corrected chi connectivity index (χ1v) is 6.26. The highest BCUT2D eigenvalue weighted by atomic mass is 27.0. The quantitative estimate of drug-likeness (QED) is 0.721. The van der Waals surface area contributed by atoms with Crippen molar-refractivity contribution in [3.63, 3.8) is 0 Å². The van der Waals surface area contributed by atoms with Crippen LogP contribution >= 0.6 is 0 Å². The summed E-state index contributed by atoms with van der Waals surface area (Å²) >= 11 is 0. The molecule has 2 unspecified atom stereocenters. The van der Waals surface area contributed by atoms with Crippen molar-refractivity contribution in [2.24, 2.45) is 16.2 Å². The third-order valence-electron chi connectivity index (χ3n) is 3.79. The molecule has 0 heterocycles. The third-order valence-corrected chi connectivity index (χ3v) is 3.79. The first-order chi connectivity index (χ1) is 7.93. The standard InChI is InChI=1S/C15H24O3.Al.3H/c1-13(2,3)10-7-8-15(12(17)18,11(16)9-10)14(4,5)6;;;;/h7-9,11,16H,1-6H3,(H,17,18);;;;. The molecule has 0 bridgehead atoms. The van der Waals surface area contributed by atoms with Gasteiger partial charge in [-0.2, -0.15) is 0 Å². The number of aliphatic hydroxyl groups excluding tert-OH is 1. The number of hydrogen-bond acceptors (Lipinski definition) is 2. The van der Waals surface area contributed by atoms with Gasteiger partial charge in [0.2, 0.25) is 0 Å². The molecule has 0 amide bonds. The summed E-state index contributed by atoms with van der Waals surface area (Å²) in [6, 6.07) is 0. The predicted octanol–water partition coefficient (Wildman–Crippen LogP) is 1.82. The van der Waals surface area contributed by atoms with Crippen molar-refractivity contribution in [2.45, 2.75) is 47.6 Å². The van der Waals surface area contributed by atoms with Crippen LogP contribution in [0.2, 0.25) is 0 Å². The molecular formula is C15H27AlO3. The van der Waals surface area contributed by atoms with Crippen molar-refractivity contribution in [2.75, 3.05) is 0 Å². The lowest BCUT2D eigenvalue weighted by molar-refractivity contribution is -0.158. The Balaban J connectivity index is 0.00000324. The summed E-state index contributed by atoms with van der Waals surface area (Å²) in [6.45, 7) is 11.6. The highest BCUT2D eigenvalue weighted by Crippen LogP contribution is 2.47. The second kappa shape index (κ2) is 5.44. The zero-order chi connectivity index (χ0) is 14.4. The van der Waals surface area contributed by atoms with Crippen LogP contribution in [0.5, 0.6) is 0 Å². The largest absolute Gasteiger partial charge is 0.480 e. The van der Waals surface area contributed by atoms with Crippen molar-refractivity contribution in [3.05, 3.63) is 23.8 Å². The summed E-state index contributed by atoms with van der Waals surface area (Å²) in [7, 11) is 0. The van der Waals surface area contributed by atoms with Gasteiger partial charge in [-0.25, -0.2) is 0 Å². The van der Waals surface area contributed by atoms with Gasteiger partial charge >= 0.3 is 5.97 Å². The van der Waals surface area contributed by atoms with Crippen LogP contribution in [-0.2, 0) is 4.79 Å². The van der Waals surface area contributed by atoms with Gasteiger partial charge in [0.15, 0.2) is 17.4 Å². The topological polar surface area (TPSA) is 57.5 Å². The second-order valence-electron chi connectivity index (χ2n) is 7.07. The number of carbonyl (C=O) groups is 1. The van der Waals surface area contributed by atoms with Crippen molar-refractivity contribution >= 4 is 23.3 Å². The van der Waals surface area contributed by atoms with E-state index in [0.29, 0.717) is 0 Å². The number of allylic oxidation sites excluding steroid dienone is 2. The van der Waals surface area contributed by atoms with Crippen LogP contribution in [0, 0.1) is 16.2 Å². The molecule has 0 saturated carbocycles. The maximum absolute atomic E-state index is 11.6. The van der Waals surface area contributed by atoms with E-state index in [4.69, 9.17) is 0 Å². The number of aliphatic hydroxyl groups is 1. The van der Waals surface area contributed by atoms with Gasteiger partial charge in [-0.05, 0) is 16.4 Å². The van der Waals surface area contributed by atoms with Gasteiger partial charge in [-0.15, -0.1) is 0 Å². The molecule has 1 aliphatic carbocycles. The van der Waals surface area contributed by atoms with Crippen LogP contribution in [0.25, 0.3) is 0 Å². The Labute approximate surface area is 126 Å². The highest BCUT2D eigenvalue weighted by molar-refractivity contribution is 5.80. The number of rotatable bonds is 1. The van der Waals surface area contributed by atoms with Crippen LogP contribution in [0.15, 0.2) is 23.8 Å². The van der Waals surface area contributed by atoms with Gasteiger partial charge in [-0.3, -0.25) is 4.79 Å². The Bertz CT molecular complexity index is 410. The Kier molecular flexibility index (Phi) is 5.28. The van der Waals surface area contributed by atoms with E-state index >= 15 is 0 Å². The summed E-state index contributed by atoms with van der Waals surface area (Å²) in [6.07, 6.45) is 4.17. The normalized spacial score (nSPS) is 27.5. The van der Waals surface area contributed by atoms with Gasteiger partial charge < -0.3 is 10.2 Å². The zero-order valence-corrected chi connectivity index (χ0v) is 12.1. The smallest absolute Gasteiger partial charge is 0.317 e. The fraction of sp³-hybridized carbons (Fsp3) is 0.667. The fourth-order valence-corrected chi connectivity index (χ4v) is 2.39. The molecule has 0 aromatic carbocycles. The van der Waals surface area contributed by atoms with Crippen molar-refractivity contribution in [1.29, 1.82) is 0 Å². The molecule has 0 aromatic heterocycles. The van der Waals surface area contributed by atoms with E-state index in [1.165, 1.54) is 0 Å². The Hall–Kier alpha value is -0.558. The molecular weight excluding hydrogens is 255 g/mol. The molecule has 108 valence electrons. The van der Waals surface area contributed by atoms with Gasteiger partial charge in [0.1, 0.15) is 5.41 Å². The monoisotopic (exact) mass is 282 g/mol. The van der Waals surface area contributed by atoms with E-state index in [9.17, 15) is 15.0 Å². The summed E-state index contributed by atoms with van der Waals surface area (Å²) < 4.78 is 0. The second-order valence-corrected chi connectivity index (χ2v) is 7.07. The summed E-state index contributed by atoms with van der Waals surface area (Å²) in [4.78, 5) is 11.6. The zero-order valence-electron chi connectivity index (χ0n) is 12.1. The minimum atomic E-state index is -1.26. The van der Waals surface area contributed by atoms with E-state index < -0.39 is 22.9 Å². The number of hydrogen-bond donors (Lipinski definition) is 2. The van der Waals surface area contributed by atoms with E-state index in [2.05, 4.69) is 0 Å². The van der Waals surface area contributed by atoms with E-state index in [-0.39, 0.29) is 22.8 Å². The highest BCUT2D eigenvalue weighted by Gasteiger charge is 2.53. The molecule has 1 aliphatic rings. The molecule has 1 rings (SSSR count). The van der Waals surface area contributed by atoms with E-state index in [0.717, 1.165) is 5.57 Å². The lowest BCUT2D eigenvalue weighted by Gasteiger charge is -2.44. The van der Waals surface area contributed by atoms with Crippen LogP contribution in [-0.4, -0.2) is 39.6 Å². The van der Waals surface area contributed by atoms with Crippen molar-refractivity contribution in [1.82, 2.24) is 0 Å². The molecule has 0 saturated heterocycles. The maximum Gasteiger partial charge on any atom is 0.317 e. The first kappa shape index (κ1) is 18.4. The third kappa shape index (κ3) is 3.13. The number of carboxylic acids is 1. The van der Waals surface area contributed by atoms with Crippen molar-refractivity contribution < 1.29 is 15.0 Å². The SMILES string of the molecule is CC(C)(C)C1=CC(O)C(C(=O)O)(C(C)(C)C)C=C1.[AlH3]. The van der Waals surface area contributed by atoms with Gasteiger partial charge in [-0.1, -0.05) is 59.8 Å². The van der Waals surface area contributed by atoms with Gasteiger partial charge in [0.05, 0.1) is 6.10 Å². The lowest BCUT2D eigenvalue weighted by Crippen LogP contribution is -2.51. The summed E-state index contributed by atoms with van der Waals surface area (Å²) in [5.41, 5.74) is -0.952.